The number of ether oxygens (including phenoxy) is 1. The van der Waals surface area contributed by atoms with Crippen molar-refractivity contribution in [2.45, 2.75) is 45.4 Å². The Morgan fingerprint density at radius 1 is 1.06 bits per heavy atom. The van der Waals surface area contributed by atoms with Crippen LogP contribution in [0, 0.1) is 0 Å². The van der Waals surface area contributed by atoms with E-state index in [1.807, 2.05) is 0 Å². The van der Waals surface area contributed by atoms with Crippen molar-refractivity contribution in [2.24, 2.45) is 0 Å². The summed E-state index contributed by atoms with van der Waals surface area (Å²) in [5.74, 6) is -2.02. The van der Waals surface area contributed by atoms with E-state index >= 15 is 0 Å². The summed E-state index contributed by atoms with van der Waals surface area (Å²) in [6, 6.07) is 0. The lowest BCUT2D eigenvalue weighted by atomic mass is 10.1. The minimum Gasteiger partial charge on any atom is -0.545 e. The number of carbonyl (C=O) groups is 2. The largest absolute Gasteiger partial charge is 0.545 e. The van der Waals surface area contributed by atoms with Crippen LogP contribution in [-0.4, -0.2) is 18.5 Å². The van der Waals surface area contributed by atoms with Crippen LogP contribution in [0.5, 0.6) is 0 Å². The van der Waals surface area contributed by atoms with Crippen LogP contribution in [0.3, 0.4) is 0 Å². The summed E-state index contributed by atoms with van der Waals surface area (Å²) in [4.78, 5) is 20.9. The van der Waals surface area contributed by atoms with Gasteiger partial charge in [0.05, 0.1) is 12.6 Å². The van der Waals surface area contributed by atoms with Crippen LogP contribution in [-0.2, 0) is 14.3 Å². The van der Waals surface area contributed by atoms with Gasteiger partial charge >= 0.3 is 5.97 Å². The Morgan fingerprint density at radius 2 is 1.69 bits per heavy atom. The van der Waals surface area contributed by atoms with E-state index in [4.69, 9.17) is 4.74 Å². The van der Waals surface area contributed by atoms with Gasteiger partial charge in [0, 0.05) is 6.08 Å². The molecule has 0 aliphatic rings. The Balaban J connectivity index is 3.31. The van der Waals surface area contributed by atoms with E-state index < -0.39 is 11.9 Å². The Kier molecular flexibility index (Phi) is 9.36. The third-order valence-corrected chi connectivity index (χ3v) is 2.10. The second-order valence-corrected chi connectivity index (χ2v) is 3.59. The first-order valence-electron chi connectivity index (χ1n) is 5.72. The summed E-state index contributed by atoms with van der Waals surface area (Å²) >= 11 is 0. The maximum atomic E-state index is 10.9. The van der Waals surface area contributed by atoms with Crippen molar-refractivity contribution in [3.63, 3.8) is 0 Å². The topological polar surface area (TPSA) is 66.4 Å². The molecule has 0 amide bonds. The number of hydrogen-bond donors (Lipinski definition) is 0. The van der Waals surface area contributed by atoms with Gasteiger partial charge in [0.2, 0.25) is 0 Å². The zero-order valence-electron chi connectivity index (χ0n) is 9.74. The molecule has 16 heavy (non-hydrogen) atoms. The Hall–Kier alpha value is -1.32. The first-order valence-corrected chi connectivity index (χ1v) is 5.72. The van der Waals surface area contributed by atoms with E-state index in [1.54, 1.807) is 0 Å². The molecule has 0 unspecified atom stereocenters. The molecule has 0 aromatic heterocycles. The standard InChI is InChI=1S/C12H20O4/c1-2-3-4-5-6-7-10-16-12(15)9-8-11(13)14/h8-9H,2-7,10H2,1H3,(H,13,14)/p-1/b9-8+. The fourth-order valence-electron chi connectivity index (χ4n) is 1.24. The van der Waals surface area contributed by atoms with Gasteiger partial charge in [-0.2, -0.15) is 0 Å². The zero-order chi connectivity index (χ0) is 12.2. The van der Waals surface area contributed by atoms with Crippen molar-refractivity contribution in [3.8, 4) is 0 Å². The fourth-order valence-corrected chi connectivity index (χ4v) is 1.24. The lowest BCUT2D eigenvalue weighted by molar-refractivity contribution is -0.297. The van der Waals surface area contributed by atoms with Gasteiger partial charge < -0.3 is 14.6 Å². The highest BCUT2D eigenvalue weighted by molar-refractivity contribution is 5.89. The molecule has 0 aromatic carbocycles. The van der Waals surface area contributed by atoms with Crippen molar-refractivity contribution in [1.29, 1.82) is 0 Å². The molecule has 0 N–H and O–H groups in total. The number of unbranched alkanes of at least 4 members (excludes halogenated alkanes) is 5. The van der Waals surface area contributed by atoms with Crippen LogP contribution < -0.4 is 5.11 Å². The molecule has 0 fully saturated rings. The Bertz CT molecular complexity index is 233. The summed E-state index contributed by atoms with van der Waals surface area (Å²) < 4.78 is 4.78. The van der Waals surface area contributed by atoms with Crippen molar-refractivity contribution >= 4 is 11.9 Å². The Labute approximate surface area is 96.3 Å². The molecule has 0 aromatic rings. The van der Waals surface area contributed by atoms with Crippen molar-refractivity contribution in [2.75, 3.05) is 6.61 Å². The molecular weight excluding hydrogens is 208 g/mol. The zero-order valence-corrected chi connectivity index (χ0v) is 9.74. The molecule has 0 aliphatic carbocycles. The Morgan fingerprint density at radius 3 is 2.31 bits per heavy atom. The van der Waals surface area contributed by atoms with Gasteiger partial charge in [-0.05, 0) is 12.5 Å². The molecule has 0 radical (unpaired) electrons. The highest BCUT2D eigenvalue weighted by atomic mass is 16.5. The number of rotatable bonds is 9. The maximum absolute atomic E-state index is 10.9. The first kappa shape index (κ1) is 14.7. The first-order chi connectivity index (χ1) is 7.66. The molecule has 0 bridgehead atoms. The van der Waals surface area contributed by atoms with Gasteiger partial charge in [-0.3, -0.25) is 0 Å². The van der Waals surface area contributed by atoms with E-state index in [9.17, 15) is 14.7 Å². The normalized spacial score (nSPS) is 10.6. The highest BCUT2D eigenvalue weighted by Crippen LogP contribution is 2.04. The quantitative estimate of drug-likeness (QED) is 0.337. The minimum absolute atomic E-state index is 0.350. The van der Waals surface area contributed by atoms with E-state index in [2.05, 4.69) is 6.92 Å². The molecule has 0 rings (SSSR count). The van der Waals surface area contributed by atoms with Crippen LogP contribution in [0.25, 0.3) is 0 Å². The molecule has 92 valence electrons. The molecule has 0 saturated heterocycles. The molecule has 4 nitrogen and oxygen atoms in total. The highest BCUT2D eigenvalue weighted by Gasteiger charge is 1.96. The summed E-state index contributed by atoms with van der Waals surface area (Å²) in [6.07, 6.45) is 8.23. The SMILES string of the molecule is CCCCCCCCOC(=O)/C=C/C(=O)[O-]. The van der Waals surface area contributed by atoms with Gasteiger partial charge in [0.1, 0.15) is 0 Å². The molecule has 4 heteroatoms. The predicted octanol–water partition coefficient (Wildman–Crippen LogP) is 1.20. The molecule has 0 aliphatic heterocycles. The molecule has 0 atom stereocenters. The van der Waals surface area contributed by atoms with Crippen molar-refractivity contribution in [3.05, 3.63) is 12.2 Å². The van der Waals surface area contributed by atoms with Crippen LogP contribution in [0.2, 0.25) is 0 Å². The average Bonchev–Trinajstić information content (AvgIpc) is 2.25. The number of carboxylic acids is 1. The molecule has 0 spiro atoms. The van der Waals surface area contributed by atoms with E-state index in [1.165, 1.54) is 19.3 Å². The average molecular weight is 227 g/mol. The van der Waals surface area contributed by atoms with E-state index in [-0.39, 0.29) is 0 Å². The number of carbonyl (C=O) groups excluding carboxylic acids is 2. The summed E-state index contributed by atoms with van der Waals surface area (Å²) in [7, 11) is 0. The monoisotopic (exact) mass is 227 g/mol. The molecule has 0 saturated carbocycles. The van der Waals surface area contributed by atoms with Crippen molar-refractivity contribution < 1.29 is 19.4 Å². The van der Waals surface area contributed by atoms with Gasteiger partial charge in [0.15, 0.2) is 0 Å². The number of hydrogen-bond acceptors (Lipinski definition) is 4. The number of carboxylic acid groups (broad SMARTS) is 1. The molecule has 0 heterocycles. The van der Waals surface area contributed by atoms with Crippen LogP contribution >= 0.6 is 0 Å². The van der Waals surface area contributed by atoms with E-state index in [0.29, 0.717) is 12.7 Å². The predicted molar refractivity (Wildman–Crippen MR) is 58.5 cm³/mol. The number of aliphatic carboxylic acids is 1. The lowest BCUT2D eigenvalue weighted by Gasteiger charge is -2.02. The second kappa shape index (κ2) is 10.2. The lowest BCUT2D eigenvalue weighted by Crippen LogP contribution is -2.19. The summed E-state index contributed by atoms with van der Waals surface area (Å²) in [5, 5.41) is 9.97. The third-order valence-electron chi connectivity index (χ3n) is 2.10. The van der Waals surface area contributed by atoms with Gasteiger partial charge in [-0.15, -0.1) is 0 Å². The summed E-state index contributed by atoms with van der Waals surface area (Å²) in [5.41, 5.74) is 0. The van der Waals surface area contributed by atoms with Gasteiger partial charge in [0.25, 0.3) is 0 Å². The number of esters is 1. The van der Waals surface area contributed by atoms with Crippen LogP contribution in [0.15, 0.2) is 12.2 Å². The van der Waals surface area contributed by atoms with Gasteiger partial charge in [-0.1, -0.05) is 39.0 Å². The second-order valence-electron chi connectivity index (χ2n) is 3.59. The minimum atomic E-state index is -1.39. The van der Waals surface area contributed by atoms with Crippen LogP contribution in [0.1, 0.15) is 45.4 Å². The molecular formula is C12H19O4-. The van der Waals surface area contributed by atoms with Gasteiger partial charge in [-0.25, -0.2) is 4.79 Å². The summed E-state index contributed by atoms with van der Waals surface area (Å²) in [6.45, 7) is 2.51. The third kappa shape index (κ3) is 10.8. The fraction of sp³-hybridized carbons (Fsp3) is 0.667. The van der Waals surface area contributed by atoms with Crippen LogP contribution in [0.4, 0.5) is 0 Å². The van der Waals surface area contributed by atoms with E-state index in [0.717, 1.165) is 25.3 Å². The smallest absolute Gasteiger partial charge is 0.330 e. The maximum Gasteiger partial charge on any atom is 0.330 e. The van der Waals surface area contributed by atoms with Crippen molar-refractivity contribution in [1.82, 2.24) is 0 Å².